The van der Waals surface area contributed by atoms with Crippen LogP contribution in [0.3, 0.4) is 0 Å². The fraction of sp³-hybridized carbons (Fsp3) is 0.857. The van der Waals surface area contributed by atoms with Crippen LogP contribution in [0.5, 0.6) is 0 Å². The number of rotatable bonds is 4. The first-order valence-corrected chi connectivity index (χ1v) is 8.00. The van der Waals surface area contributed by atoms with Gasteiger partial charge in [-0.3, -0.25) is 14.7 Å². The lowest BCUT2D eigenvalue weighted by atomic mass is 10.2. The Bertz CT molecular complexity index is 458. The highest BCUT2D eigenvalue weighted by atomic mass is 127. The zero-order chi connectivity index (χ0) is 17.6. The van der Waals surface area contributed by atoms with E-state index in [1.54, 1.807) is 7.05 Å². The average molecular weight is 479 g/mol. The van der Waals surface area contributed by atoms with Gasteiger partial charge in [-0.15, -0.1) is 24.0 Å². The van der Waals surface area contributed by atoms with Crippen LogP contribution in [0.4, 0.5) is 13.2 Å². The Kier molecular flexibility index (Phi) is 9.21. The molecule has 2 heterocycles. The maximum absolute atomic E-state index is 12.1. The van der Waals surface area contributed by atoms with Gasteiger partial charge in [0.05, 0.1) is 19.8 Å². The van der Waals surface area contributed by atoms with Crippen LogP contribution in [0.1, 0.15) is 6.42 Å². The molecule has 146 valence electrons. The topological polar surface area (TPSA) is 69.2 Å². The summed E-state index contributed by atoms with van der Waals surface area (Å²) in [5, 5.41) is 4.66. The highest BCUT2D eigenvalue weighted by Crippen LogP contribution is 2.17. The molecule has 0 aromatic carbocycles. The molecule has 0 aromatic rings. The van der Waals surface area contributed by atoms with Gasteiger partial charge >= 0.3 is 6.18 Å². The summed E-state index contributed by atoms with van der Waals surface area (Å²) in [5.41, 5.74) is 0. The molecule has 0 aliphatic carbocycles. The number of hydrogen-bond donors (Lipinski definition) is 2. The zero-order valence-electron chi connectivity index (χ0n) is 14.1. The zero-order valence-corrected chi connectivity index (χ0v) is 16.5. The minimum absolute atomic E-state index is 0. The molecule has 11 heteroatoms. The number of amides is 1. The van der Waals surface area contributed by atoms with E-state index in [4.69, 9.17) is 4.74 Å². The predicted molar refractivity (Wildman–Crippen MR) is 98.2 cm³/mol. The molecule has 2 N–H and O–H groups in total. The van der Waals surface area contributed by atoms with Crippen LogP contribution in [0, 0.1) is 0 Å². The molecule has 1 unspecified atom stereocenters. The maximum Gasteiger partial charge on any atom is 0.405 e. The third-order valence-electron chi connectivity index (χ3n) is 4.13. The van der Waals surface area contributed by atoms with Gasteiger partial charge in [0, 0.05) is 39.3 Å². The summed E-state index contributed by atoms with van der Waals surface area (Å²) in [4.78, 5) is 20.0. The van der Waals surface area contributed by atoms with E-state index in [0.29, 0.717) is 12.0 Å². The van der Waals surface area contributed by atoms with Crippen molar-refractivity contribution in [2.24, 2.45) is 4.99 Å². The number of nitrogens with zero attached hydrogens (tertiary/aromatic N) is 3. The summed E-state index contributed by atoms with van der Waals surface area (Å²) >= 11 is 0. The molecule has 25 heavy (non-hydrogen) atoms. The van der Waals surface area contributed by atoms with Gasteiger partial charge in [0.25, 0.3) is 0 Å². The van der Waals surface area contributed by atoms with Gasteiger partial charge in [-0.05, 0) is 6.42 Å². The van der Waals surface area contributed by atoms with Crippen molar-refractivity contribution >= 4 is 35.8 Å². The number of carbonyl (C=O) groups is 1. The smallest absolute Gasteiger partial charge is 0.379 e. The van der Waals surface area contributed by atoms with Gasteiger partial charge in [0.15, 0.2) is 5.96 Å². The molecule has 1 atom stereocenters. The molecule has 2 saturated heterocycles. The number of halogens is 4. The van der Waals surface area contributed by atoms with E-state index in [0.717, 1.165) is 45.8 Å². The number of morpholine rings is 1. The number of alkyl halides is 3. The summed E-state index contributed by atoms with van der Waals surface area (Å²) < 4.78 is 41.5. The molecule has 0 saturated carbocycles. The minimum atomic E-state index is -4.41. The Morgan fingerprint density at radius 3 is 2.52 bits per heavy atom. The van der Waals surface area contributed by atoms with Gasteiger partial charge in [0.2, 0.25) is 5.91 Å². The summed E-state index contributed by atoms with van der Waals surface area (Å²) in [6.07, 6.45) is -3.42. The number of ether oxygens (including phenoxy) is 1. The van der Waals surface area contributed by atoms with Crippen molar-refractivity contribution in [3.05, 3.63) is 0 Å². The van der Waals surface area contributed by atoms with Crippen LogP contribution in [-0.4, -0.2) is 93.4 Å². The van der Waals surface area contributed by atoms with Crippen molar-refractivity contribution in [3.63, 3.8) is 0 Å². The fourth-order valence-electron chi connectivity index (χ4n) is 2.93. The van der Waals surface area contributed by atoms with Gasteiger partial charge < -0.3 is 20.3 Å². The summed E-state index contributed by atoms with van der Waals surface area (Å²) in [7, 11) is 1.60. The van der Waals surface area contributed by atoms with Crippen LogP contribution in [0.15, 0.2) is 4.99 Å². The Labute approximate surface area is 162 Å². The van der Waals surface area contributed by atoms with Gasteiger partial charge in [-0.1, -0.05) is 0 Å². The molecule has 0 bridgehead atoms. The fourth-order valence-corrected chi connectivity index (χ4v) is 2.93. The number of nitrogens with one attached hydrogen (secondary N) is 2. The van der Waals surface area contributed by atoms with Crippen molar-refractivity contribution in [1.82, 2.24) is 20.4 Å². The van der Waals surface area contributed by atoms with E-state index in [9.17, 15) is 18.0 Å². The molecule has 0 aromatic heterocycles. The van der Waals surface area contributed by atoms with E-state index < -0.39 is 18.6 Å². The highest BCUT2D eigenvalue weighted by Gasteiger charge is 2.31. The Balaban J connectivity index is 0.00000312. The molecule has 2 aliphatic rings. The molecule has 2 fully saturated rings. The predicted octanol–water partition coefficient (Wildman–Crippen LogP) is 0.265. The van der Waals surface area contributed by atoms with Crippen molar-refractivity contribution in [2.75, 3.05) is 59.5 Å². The molecule has 2 aliphatic heterocycles. The van der Waals surface area contributed by atoms with Crippen molar-refractivity contribution in [2.45, 2.75) is 18.6 Å². The number of carbonyl (C=O) groups excluding carboxylic acids is 1. The number of hydrogen-bond acceptors (Lipinski definition) is 4. The number of aliphatic imine (C=N–C) groups is 1. The van der Waals surface area contributed by atoms with Crippen LogP contribution >= 0.6 is 24.0 Å². The van der Waals surface area contributed by atoms with E-state index in [-0.39, 0.29) is 30.5 Å². The SMILES string of the molecule is CN=C(NCC(=O)NCC(F)(F)F)N1CCC(N2CCOCC2)C1.I. The first kappa shape index (κ1) is 22.2. The van der Waals surface area contributed by atoms with Crippen LogP contribution in [0.2, 0.25) is 0 Å². The lowest BCUT2D eigenvalue weighted by Crippen LogP contribution is -2.48. The van der Waals surface area contributed by atoms with Gasteiger partial charge in [0.1, 0.15) is 6.54 Å². The number of guanidine groups is 1. The molecular formula is C14H25F3IN5O2. The lowest BCUT2D eigenvalue weighted by Gasteiger charge is -2.32. The first-order chi connectivity index (χ1) is 11.4. The Hall–Kier alpha value is -0.820. The minimum Gasteiger partial charge on any atom is -0.379 e. The van der Waals surface area contributed by atoms with Gasteiger partial charge in [-0.25, -0.2) is 0 Å². The third-order valence-corrected chi connectivity index (χ3v) is 4.13. The second kappa shape index (κ2) is 10.4. The lowest BCUT2D eigenvalue weighted by molar-refractivity contribution is -0.137. The standard InChI is InChI=1S/C14H24F3N5O2.HI/c1-18-13(19-8-12(23)20-10-14(15,16)17)22-3-2-11(9-22)21-4-6-24-7-5-21;/h11H,2-10H2,1H3,(H,18,19)(H,20,23);1H. The Morgan fingerprint density at radius 1 is 1.24 bits per heavy atom. The Morgan fingerprint density at radius 2 is 1.92 bits per heavy atom. The van der Waals surface area contributed by atoms with E-state index in [2.05, 4.69) is 15.2 Å². The molecule has 0 radical (unpaired) electrons. The van der Waals surface area contributed by atoms with Crippen LogP contribution < -0.4 is 10.6 Å². The maximum atomic E-state index is 12.1. The van der Waals surface area contributed by atoms with E-state index in [1.807, 2.05) is 10.2 Å². The van der Waals surface area contributed by atoms with E-state index >= 15 is 0 Å². The first-order valence-electron chi connectivity index (χ1n) is 8.00. The van der Waals surface area contributed by atoms with Gasteiger partial charge in [-0.2, -0.15) is 13.2 Å². The monoisotopic (exact) mass is 479 g/mol. The summed E-state index contributed by atoms with van der Waals surface area (Å²) in [6.45, 7) is 3.31. The quantitative estimate of drug-likeness (QED) is 0.344. The van der Waals surface area contributed by atoms with Crippen molar-refractivity contribution in [1.29, 1.82) is 0 Å². The third kappa shape index (κ3) is 7.52. The normalized spacial score (nSPS) is 22.5. The molecule has 0 spiro atoms. The average Bonchev–Trinajstić information content (AvgIpc) is 3.03. The highest BCUT2D eigenvalue weighted by molar-refractivity contribution is 14.0. The largest absolute Gasteiger partial charge is 0.405 e. The molecule has 7 nitrogen and oxygen atoms in total. The molecular weight excluding hydrogens is 454 g/mol. The summed E-state index contributed by atoms with van der Waals surface area (Å²) in [6, 6.07) is 0.409. The molecule has 2 rings (SSSR count). The second-order valence-electron chi connectivity index (χ2n) is 5.83. The van der Waals surface area contributed by atoms with Crippen molar-refractivity contribution < 1.29 is 22.7 Å². The number of likely N-dealkylation sites (tertiary alicyclic amines) is 1. The van der Waals surface area contributed by atoms with Crippen molar-refractivity contribution in [3.8, 4) is 0 Å². The van der Waals surface area contributed by atoms with Crippen LogP contribution in [-0.2, 0) is 9.53 Å². The van der Waals surface area contributed by atoms with E-state index in [1.165, 1.54) is 0 Å². The second-order valence-corrected chi connectivity index (χ2v) is 5.83. The summed E-state index contributed by atoms with van der Waals surface area (Å²) in [5.74, 6) is -0.176. The van der Waals surface area contributed by atoms with Crippen LogP contribution in [0.25, 0.3) is 0 Å². The molecule has 1 amide bonds.